The summed E-state index contributed by atoms with van der Waals surface area (Å²) in [5.41, 5.74) is 2.16. The van der Waals surface area contributed by atoms with E-state index in [1.165, 1.54) is 6.92 Å². The third-order valence-electron chi connectivity index (χ3n) is 3.96. The number of hydrogen-bond acceptors (Lipinski definition) is 6. The van der Waals surface area contributed by atoms with Crippen molar-refractivity contribution in [1.82, 2.24) is 0 Å². The number of benzene rings is 2. The topological polar surface area (TPSA) is 97.2 Å². The maximum atomic E-state index is 12.4. The largest absolute Gasteiger partial charge is 0.462 e. The van der Waals surface area contributed by atoms with E-state index in [4.69, 9.17) is 16.3 Å². The van der Waals surface area contributed by atoms with Crippen molar-refractivity contribution in [2.45, 2.75) is 26.3 Å². The van der Waals surface area contributed by atoms with Gasteiger partial charge in [-0.2, -0.15) is 10.2 Å². The van der Waals surface area contributed by atoms with E-state index in [-0.39, 0.29) is 6.61 Å². The number of esters is 1. The van der Waals surface area contributed by atoms with Crippen molar-refractivity contribution in [2.24, 2.45) is 10.2 Å². The average Bonchev–Trinajstić information content (AvgIpc) is 2.70. The predicted octanol–water partition coefficient (Wildman–Crippen LogP) is 4.68. The van der Waals surface area contributed by atoms with Crippen molar-refractivity contribution in [3.8, 4) is 0 Å². The van der Waals surface area contributed by atoms with Crippen molar-refractivity contribution in [3.05, 3.63) is 71.3 Å². The van der Waals surface area contributed by atoms with Crippen LogP contribution in [0.5, 0.6) is 0 Å². The van der Waals surface area contributed by atoms with Gasteiger partial charge in [-0.15, -0.1) is 0 Å². The van der Waals surface area contributed by atoms with Crippen molar-refractivity contribution < 1.29 is 19.1 Å². The van der Waals surface area contributed by atoms with Crippen LogP contribution >= 0.6 is 11.6 Å². The highest BCUT2D eigenvalue weighted by molar-refractivity contribution is 6.33. The highest BCUT2D eigenvalue weighted by Gasteiger charge is 2.23. The number of rotatable bonds is 9. The van der Waals surface area contributed by atoms with E-state index < -0.39 is 23.7 Å². The highest BCUT2D eigenvalue weighted by Crippen LogP contribution is 2.21. The molecule has 0 radical (unpaired) electrons. The summed E-state index contributed by atoms with van der Waals surface area (Å²) >= 11 is 6.02. The van der Waals surface area contributed by atoms with Crippen molar-refractivity contribution >= 4 is 40.6 Å². The molecule has 0 bridgehead atoms. The molecule has 1 amide bonds. The summed E-state index contributed by atoms with van der Waals surface area (Å²) in [6.45, 7) is 6.62. The zero-order valence-electron chi connectivity index (χ0n) is 16.7. The summed E-state index contributed by atoms with van der Waals surface area (Å²) in [6.07, 6.45) is 0.534. The first-order valence-corrected chi connectivity index (χ1v) is 9.54. The quantitative estimate of drug-likeness (QED) is 0.272. The average molecular weight is 428 g/mol. The molecular formula is C22H22ClN3O4. The lowest BCUT2D eigenvalue weighted by Crippen LogP contribution is -2.31. The van der Waals surface area contributed by atoms with Gasteiger partial charge in [0.1, 0.15) is 0 Å². The minimum atomic E-state index is -1.29. The number of Topliss-reactive ketones (excluding diaryl/α,β-unsaturated/α-hetero) is 1. The Morgan fingerprint density at radius 3 is 2.37 bits per heavy atom. The Morgan fingerprint density at radius 1 is 1.10 bits per heavy atom. The van der Waals surface area contributed by atoms with E-state index >= 15 is 0 Å². The van der Waals surface area contributed by atoms with E-state index in [0.717, 1.165) is 5.56 Å². The second-order valence-corrected chi connectivity index (χ2v) is 6.94. The summed E-state index contributed by atoms with van der Waals surface area (Å²) in [4.78, 5) is 35.6. The molecule has 2 rings (SSSR count). The van der Waals surface area contributed by atoms with Crippen molar-refractivity contribution in [2.75, 3.05) is 11.9 Å². The number of ether oxygens (including phenoxy) is 1. The fraction of sp³-hybridized carbons (Fsp3) is 0.227. The molecule has 0 aromatic heterocycles. The summed E-state index contributed by atoms with van der Waals surface area (Å²) in [5.74, 6) is -1.49. The van der Waals surface area contributed by atoms with Crippen LogP contribution in [0.1, 0.15) is 19.4 Å². The molecule has 0 heterocycles. The van der Waals surface area contributed by atoms with Gasteiger partial charge in [-0.3, -0.25) is 9.59 Å². The Labute approximate surface area is 179 Å². The Balaban J connectivity index is 1.98. The number of nitrogens with one attached hydrogen (secondary N) is 1. The zero-order chi connectivity index (χ0) is 22.1. The molecule has 1 atom stereocenters. The number of carbonyl (C=O) groups excluding carboxylic acids is 3. The molecule has 0 saturated heterocycles. The van der Waals surface area contributed by atoms with Crippen LogP contribution in [-0.2, 0) is 25.5 Å². The first kappa shape index (κ1) is 23.0. The van der Waals surface area contributed by atoms with Crippen LogP contribution in [0.25, 0.3) is 0 Å². The number of amides is 1. The SMILES string of the molecule is C=C(C)C(=O)OCCc1ccc(/N=N/C(C(C)=O)C(=O)Nc2ccccc2Cl)cc1. The van der Waals surface area contributed by atoms with Crippen LogP contribution in [0.15, 0.2) is 70.9 Å². The molecule has 0 fully saturated rings. The molecule has 1 N–H and O–H groups in total. The fourth-order valence-corrected chi connectivity index (χ4v) is 2.50. The van der Waals surface area contributed by atoms with Crippen LogP contribution in [0.2, 0.25) is 5.02 Å². The molecular weight excluding hydrogens is 406 g/mol. The van der Waals surface area contributed by atoms with Gasteiger partial charge in [0, 0.05) is 12.0 Å². The highest BCUT2D eigenvalue weighted by atomic mass is 35.5. The molecule has 0 spiro atoms. The van der Waals surface area contributed by atoms with E-state index in [1.807, 2.05) is 0 Å². The van der Waals surface area contributed by atoms with E-state index in [1.54, 1.807) is 55.5 Å². The molecule has 8 heteroatoms. The number of azo groups is 1. The lowest BCUT2D eigenvalue weighted by molar-refractivity contribution is -0.138. The van der Waals surface area contributed by atoms with Crippen LogP contribution in [-0.4, -0.2) is 30.3 Å². The second kappa shape index (κ2) is 11.0. The predicted molar refractivity (Wildman–Crippen MR) is 115 cm³/mol. The molecule has 2 aromatic rings. The molecule has 0 saturated carbocycles. The molecule has 7 nitrogen and oxygen atoms in total. The van der Waals surface area contributed by atoms with Crippen molar-refractivity contribution in [3.63, 3.8) is 0 Å². The van der Waals surface area contributed by atoms with Gasteiger partial charge in [-0.1, -0.05) is 42.4 Å². The molecule has 2 aromatic carbocycles. The lowest BCUT2D eigenvalue weighted by Gasteiger charge is -2.10. The maximum absolute atomic E-state index is 12.4. The Morgan fingerprint density at radius 2 is 1.77 bits per heavy atom. The van der Waals surface area contributed by atoms with Gasteiger partial charge in [0.2, 0.25) is 6.04 Å². The number of nitrogens with zero attached hydrogens (tertiary/aromatic N) is 2. The fourth-order valence-electron chi connectivity index (χ4n) is 2.32. The van der Waals surface area contributed by atoms with E-state index in [2.05, 4.69) is 22.1 Å². The summed E-state index contributed by atoms with van der Waals surface area (Å²) in [7, 11) is 0. The molecule has 156 valence electrons. The van der Waals surface area contributed by atoms with Crippen LogP contribution in [0.4, 0.5) is 11.4 Å². The third-order valence-corrected chi connectivity index (χ3v) is 4.29. The second-order valence-electron chi connectivity index (χ2n) is 6.53. The van der Waals surface area contributed by atoms with Gasteiger partial charge in [0.05, 0.1) is 23.0 Å². The first-order valence-electron chi connectivity index (χ1n) is 9.16. The normalized spacial score (nSPS) is 11.7. The number of para-hydroxylation sites is 1. The van der Waals surface area contributed by atoms with Crippen LogP contribution in [0, 0.1) is 0 Å². The monoisotopic (exact) mass is 427 g/mol. The van der Waals surface area contributed by atoms with Gasteiger partial charge >= 0.3 is 5.97 Å². The van der Waals surface area contributed by atoms with Gasteiger partial charge in [-0.25, -0.2) is 4.79 Å². The smallest absolute Gasteiger partial charge is 0.333 e. The summed E-state index contributed by atoms with van der Waals surface area (Å²) in [5, 5.41) is 10.8. The van der Waals surface area contributed by atoms with Gasteiger partial charge in [0.15, 0.2) is 5.78 Å². The van der Waals surface area contributed by atoms with Gasteiger partial charge < -0.3 is 10.1 Å². The summed E-state index contributed by atoms with van der Waals surface area (Å²) < 4.78 is 5.05. The summed E-state index contributed by atoms with van der Waals surface area (Å²) in [6, 6.07) is 12.4. The Kier molecular flexibility index (Phi) is 8.43. The molecule has 0 aliphatic rings. The zero-order valence-corrected chi connectivity index (χ0v) is 17.5. The molecule has 0 aliphatic heterocycles. The lowest BCUT2D eigenvalue weighted by atomic mass is 10.1. The third kappa shape index (κ3) is 6.93. The number of hydrogen-bond donors (Lipinski definition) is 1. The molecule has 30 heavy (non-hydrogen) atoms. The molecule has 1 unspecified atom stereocenters. The standard InChI is InChI=1S/C22H22ClN3O4/c1-14(2)22(29)30-13-12-16-8-10-17(11-9-16)25-26-20(15(3)27)21(28)24-19-7-5-4-6-18(19)23/h4-11,20H,1,12-13H2,2-3H3,(H,24,28)/b26-25+. The van der Waals surface area contributed by atoms with E-state index in [0.29, 0.717) is 28.4 Å². The van der Waals surface area contributed by atoms with Gasteiger partial charge in [-0.05, 0) is 43.7 Å². The first-order chi connectivity index (χ1) is 14.3. The van der Waals surface area contributed by atoms with Gasteiger partial charge in [0.25, 0.3) is 5.91 Å². The van der Waals surface area contributed by atoms with E-state index in [9.17, 15) is 14.4 Å². The minimum absolute atomic E-state index is 0.237. The Hall–Kier alpha value is -3.32. The maximum Gasteiger partial charge on any atom is 0.333 e. The van der Waals surface area contributed by atoms with Crippen LogP contribution < -0.4 is 5.32 Å². The minimum Gasteiger partial charge on any atom is -0.462 e. The number of carbonyl (C=O) groups is 3. The number of ketones is 1. The Bertz CT molecular complexity index is 971. The van der Waals surface area contributed by atoms with Crippen molar-refractivity contribution in [1.29, 1.82) is 0 Å². The molecule has 0 aliphatic carbocycles. The number of halogens is 1. The van der Waals surface area contributed by atoms with Crippen LogP contribution in [0.3, 0.4) is 0 Å². The number of anilines is 1.